The average molecular weight is 1250 g/mol. The van der Waals surface area contributed by atoms with E-state index in [1.165, 1.54) is 72.8 Å². The first-order chi connectivity index (χ1) is 45.1. The van der Waals surface area contributed by atoms with Crippen molar-refractivity contribution in [1.82, 2.24) is 0 Å². The summed E-state index contributed by atoms with van der Waals surface area (Å²) in [6.45, 7) is -0.243. The van der Waals surface area contributed by atoms with Crippen LogP contribution in [0.4, 0.5) is 11.4 Å². The maximum absolute atomic E-state index is 14.6. The molecule has 92 heavy (non-hydrogen) atoms. The molecule has 0 radical (unpaired) electrons. The fourth-order valence-corrected chi connectivity index (χ4v) is 11.0. The Labute approximate surface area is 530 Å². The van der Waals surface area contributed by atoms with Gasteiger partial charge in [0.25, 0.3) is 0 Å². The summed E-state index contributed by atoms with van der Waals surface area (Å²) in [5, 5.41) is 11.2. The smallest absolute Gasteiger partial charge is 0.338 e. The van der Waals surface area contributed by atoms with Crippen molar-refractivity contribution in [2.75, 3.05) is 55.9 Å². The van der Waals surface area contributed by atoms with Crippen LogP contribution in [0, 0.1) is 0 Å². The monoisotopic (exact) mass is 1250 g/mol. The first kappa shape index (κ1) is 63.5. The second-order valence-corrected chi connectivity index (χ2v) is 21.5. The summed E-state index contributed by atoms with van der Waals surface area (Å²) in [5.74, 6) is -5.52. The van der Waals surface area contributed by atoms with Crippen LogP contribution in [-0.4, -0.2) is 155 Å². The number of para-hydroxylation sites is 2. The van der Waals surface area contributed by atoms with E-state index in [1.807, 2.05) is 60.7 Å². The predicted octanol–water partition coefficient (Wildman–Crippen LogP) is 9.18. The van der Waals surface area contributed by atoms with E-state index in [2.05, 4.69) is 9.80 Å². The minimum atomic E-state index is -1.85. The second kappa shape index (κ2) is 31.1. The molecule has 3 heterocycles. The highest BCUT2D eigenvalue weighted by Gasteiger charge is 2.56. The van der Waals surface area contributed by atoms with E-state index in [0.29, 0.717) is 13.1 Å². The van der Waals surface area contributed by atoms with Crippen LogP contribution in [0.15, 0.2) is 243 Å². The summed E-state index contributed by atoms with van der Waals surface area (Å²) in [7, 11) is 0. The summed E-state index contributed by atoms with van der Waals surface area (Å²) >= 11 is 0. The molecule has 3 saturated heterocycles. The Balaban J connectivity index is 0.953. The Morgan fingerprint density at radius 2 is 0.620 bits per heavy atom. The third kappa shape index (κ3) is 15.7. The van der Waals surface area contributed by atoms with Gasteiger partial charge in [0.05, 0.1) is 66.4 Å². The summed E-state index contributed by atoms with van der Waals surface area (Å²) in [6, 6.07) is 67.5. The highest BCUT2D eigenvalue weighted by Crippen LogP contribution is 2.36. The van der Waals surface area contributed by atoms with E-state index >= 15 is 0 Å². The topological polar surface area (TPSA) is 231 Å². The zero-order valence-corrected chi connectivity index (χ0v) is 49.7. The van der Waals surface area contributed by atoms with Crippen molar-refractivity contribution in [3.63, 3.8) is 0 Å². The van der Waals surface area contributed by atoms with Crippen molar-refractivity contribution >= 4 is 47.2 Å². The Morgan fingerprint density at radius 3 is 0.957 bits per heavy atom. The number of anilines is 2. The van der Waals surface area contributed by atoms with Crippen molar-refractivity contribution in [2.24, 2.45) is 0 Å². The highest BCUT2D eigenvalue weighted by atomic mass is 16.8. The van der Waals surface area contributed by atoms with Crippen molar-refractivity contribution in [1.29, 1.82) is 0 Å². The summed E-state index contributed by atoms with van der Waals surface area (Å²) in [6.07, 6.45) is -17.4. The minimum absolute atomic E-state index is 0.0466. The zero-order chi connectivity index (χ0) is 63.6. The lowest BCUT2D eigenvalue weighted by Gasteiger charge is -2.46. The molecule has 3 fully saturated rings. The molecule has 0 aliphatic carbocycles. The molecule has 472 valence electrons. The van der Waals surface area contributed by atoms with Crippen molar-refractivity contribution in [3.8, 4) is 0 Å². The molecule has 10 atom stereocenters. The number of hydrogen-bond acceptors (Lipinski definition) is 20. The quantitative estimate of drug-likeness (QED) is 0.0337. The summed E-state index contributed by atoms with van der Waals surface area (Å²) in [5.41, 5.74) is 2.47. The first-order valence-corrected chi connectivity index (χ1v) is 30.0. The van der Waals surface area contributed by atoms with Crippen molar-refractivity contribution in [3.05, 3.63) is 276 Å². The standard InChI is InChI=1S/C72H66N2O18/c75-45-56-59(87-65(76)48-25-9-1-10-26-48)61(89-67(78)50-29-13-3-14-30-50)64(92-70(81)53-35-19-6-20-36-53)72(85-56)84-46-57-60(88-66(77)49-27-11-2-12-28-49)62(90-68(79)51-31-15-4-16-32-51)63(91-69(80)52-33-17-5-18-34-52)71(86-57)83-44-43-82-47-58-73(54-37-21-7-22-38-54)41-42-74(58)55-39-23-8-24-40-55/h1-40,56-64,71-72,75H,41-47H2/t56-,57-,59-,60-,61+,62+,63-,64-,71-,72-/m1/s1. The van der Waals surface area contributed by atoms with Gasteiger partial charge in [0.1, 0.15) is 18.4 Å². The minimum Gasteiger partial charge on any atom is -0.452 e. The molecule has 3 aliphatic heterocycles. The lowest BCUT2D eigenvalue weighted by Crippen LogP contribution is -2.65. The van der Waals surface area contributed by atoms with Crippen LogP contribution in [0.3, 0.4) is 0 Å². The summed E-state index contributed by atoms with van der Waals surface area (Å²) < 4.78 is 70.4. The Bertz CT molecular complexity index is 3630. The lowest BCUT2D eigenvalue weighted by atomic mass is 9.96. The Kier molecular flexibility index (Phi) is 21.5. The van der Waals surface area contributed by atoms with Crippen LogP contribution in [0.5, 0.6) is 0 Å². The molecule has 3 aliphatic rings. The molecule has 0 amide bonds. The largest absolute Gasteiger partial charge is 0.452 e. The van der Waals surface area contributed by atoms with Gasteiger partial charge in [-0.1, -0.05) is 146 Å². The number of carbonyl (C=O) groups excluding carboxylic acids is 6. The number of esters is 6. The van der Waals surface area contributed by atoms with E-state index in [0.717, 1.165) is 11.4 Å². The Hall–Kier alpha value is -10.1. The lowest BCUT2D eigenvalue weighted by molar-refractivity contribution is -0.328. The van der Waals surface area contributed by atoms with E-state index in [-0.39, 0.29) is 59.4 Å². The molecular weight excluding hydrogens is 1180 g/mol. The van der Waals surface area contributed by atoms with Gasteiger partial charge in [-0.15, -0.1) is 0 Å². The van der Waals surface area contributed by atoms with Gasteiger partial charge in [-0.2, -0.15) is 0 Å². The molecule has 0 saturated carbocycles. The molecule has 11 rings (SSSR count). The van der Waals surface area contributed by atoms with E-state index in [4.69, 9.17) is 52.1 Å². The maximum Gasteiger partial charge on any atom is 0.338 e. The molecular formula is C72H66N2O18. The van der Waals surface area contributed by atoms with Gasteiger partial charge in [0.2, 0.25) is 0 Å². The third-order valence-corrected chi connectivity index (χ3v) is 15.6. The average Bonchev–Trinajstić information content (AvgIpc) is 0.935. The number of ether oxygens (including phenoxy) is 11. The number of rotatable bonds is 24. The maximum atomic E-state index is 14.6. The molecule has 0 unspecified atom stereocenters. The fourth-order valence-electron chi connectivity index (χ4n) is 11.0. The molecule has 1 N–H and O–H groups in total. The van der Waals surface area contributed by atoms with Crippen LogP contribution < -0.4 is 9.80 Å². The predicted molar refractivity (Wildman–Crippen MR) is 332 cm³/mol. The van der Waals surface area contributed by atoms with Crippen LogP contribution in [0.1, 0.15) is 62.1 Å². The normalized spacial score (nSPS) is 22.1. The number of benzene rings is 8. The first-order valence-electron chi connectivity index (χ1n) is 30.0. The highest BCUT2D eigenvalue weighted by molar-refractivity contribution is 5.93. The van der Waals surface area contributed by atoms with E-state index < -0.39 is 110 Å². The van der Waals surface area contributed by atoms with Crippen LogP contribution >= 0.6 is 0 Å². The molecule has 20 heteroatoms. The van der Waals surface area contributed by atoms with Gasteiger partial charge < -0.3 is 67.0 Å². The van der Waals surface area contributed by atoms with E-state index in [9.17, 15) is 33.9 Å². The SMILES string of the molecule is O=C(O[C@@H]1[C@@H](OC(=O)c2ccccc2)[C@H](OC[C@H]2O[C@@H](OCCOCC3N(c4ccccc4)CCN3c3ccccc3)[C@H](OC(=O)c3ccccc3)[C@@H](OC(=O)c3ccccc3)[C@@H]2OC(=O)c2ccccc2)O[C@H](CO)[C@H]1OC(=O)c1ccccc1)c1ccccc1. The number of carbonyl (C=O) groups is 6. The van der Waals surface area contributed by atoms with Gasteiger partial charge in [0.15, 0.2) is 49.2 Å². The Morgan fingerprint density at radius 1 is 0.337 bits per heavy atom. The van der Waals surface area contributed by atoms with Gasteiger partial charge >= 0.3 is 35.8 Å². The van der Waals surface area contributed by atoms with Crippen LogP contribution in [-0.2, 0) is 52.1 Å². The molecule has 8 aromatic rings. The molecule has 20 nitrogen and oxygen atoms in total. The van der Waals surface area contributed by atoms with Gasteiger partial charge in [-0.05, 0) is 97.1 Å². The number of nitrogens with zero attached hydrogens (tertiary/aromatic N) is 2. The fraction of sp³-hybridized carbons (Fsp3) is 0.250. The van der Waals surface area contributed by atoms with Crippen molar-refractivity contribution in [2.45, 2.75) is 67.6 Å². The molecule has 0 spiro atoms. The van der Waals surface area contributed by atoms with E-state index in [1.54, 1.807) is 109 Å². The van der Waals surface area contributed by atoms with Gasteiger partial charge in [-0.25, -0.2) is 28.8 Å². The summed E-state index contributed by atoms with van der Waals surface area (Å²) in [4.78, 5) is 90.6. The zero-order valence-electron chi connectivity index (χ0n) is 49.7. The molecule has 0 bridgehead atoms. The van der Waals surface area contributed by atoms with Gasteiger partial charge in [-0.3, -0.25) is 0 Å². The van der Waals surface area contributed by atoms with Crippen molar-refractivity contribution < 1.29 is 86.0 Å². The molecule has 8 aromatic carbocycles. The third-order valence-electron chi connectivity index (χ3n) is 15.6. The second-order valence-electron chi connectivity index (χ2n) is 21.5. The number of hydrogen-bond donors (Lipinski definition) is 1. The van der Waals surface area contributed by atoms with Crippen LogP contribution in [0.2, 0.25) is 0 Å². The number of aliphatic hydroxyl groups is 1. The number of aliphatic hydroxyl groups excluding tert-OH is 1. The van der Waals surface area contributed by atoms with Gasteiger partial charge in [0, 0.05) is 24.5 Å². The molecule has 0 aromatic heterocycles. The van der Waals surface area contributed by atoms with Crippen LogP contribution in [0.25, 0.3) is 0 Å².